The van der Waals surface area contributed by atoms with Gasteiger partial charge >= 0.3 is 0 Å². The van der Waals surface area contributed by atoms with Gasteiger partial charge in [-0.3, -0.25) is 14.9 Å². The molecule has 0 radical (unpaired) electrons. The molecule has 0 bridgehead atoms. The number of carbonyl (C=O) groups is 2. The third-order valence-corrected chi connectivity index (χ3v) is 6.80. The second-order valence-electron chi connectivity index (χ2n) is 9.18. The summed E-state index contributed by atoms with van der Waals surface area (Å²) in [5.74, 6) is 1.35. The monoisotopic (exact) mass is 487 g/mol. The van der Waals surface area contributed by atoms with Gasteiger partial charge in [0.05, 0.1) is 33.2 Å². The van der Waals surface area contributed by atoms with E-state index in [1.807, 2.05) is 42.5 Å². The predicted octanol–water partition coefficient (Wildman–Crippen LogP) is 3.91. The average molecular weight is 488 g/mol. The Morgan fingerprint density at radius 2 is 1.64 bits per heavy atom. The highest BCUT2D eigenvalue weighted by atomic mass is 16.5. The topological polar surface area (TPSA) is 101 Å². The molecule has 1 aliphatic heterocycles. The van der Waals surface area contributed by atoms with Crippen molar-refractivity contribution in [2.75, 3.05) is 34.4 Å². The van der Waals surface area contributed by atoms with Gasteiger partial charge < -0.3 is 19.1 Å². The van der Waals surface area contributed by atoms with E-state index in [1.54, 1.807) is 39.3 Å². The number of carbonyl (C=O) groups excluding carboxylic acids is 2. The maximum absolute atomic E-state index is 12.9. The molecule has 8 nitrogen and oxygen atoms in total. The van der Waals surface area contributed by atoms with E-state index in [0.717, 1.165) is 27.5 Å². The van der Waals surface area contributed by atoms with E-state index in [0.29, 0.717) is 36.8 Å². The van der Waals surface area contributed by atoms with Crippen molar-refractivity contribution < 1.29 is 23.8 Å². The van der Waals surface area contributed by atoms with Crippen LogP contribution in [0.1, 0.15) is 18.9 Å². The average Bonchev–Trinajstić information content (AvgIpc) is 3.31. The molecule has 1 heterocycles. The number of likely N-dealkylation sites (tertiary alicyclic amines) is 1. The van der Waals surface area contributed by atoms with Gasteiger partial charge in [0, 0.05) is 13.1 Å². The standard InChI is InChI=1S/C28H29N3O5/c1-28(27(33)30-17-29)9-10-31(16-28)25(32)12-18-5-6-20-13-21(8-7-19(20)11-18)22-14-23(34-2)26(36-4)24(15-22)35-3/h5-8,11,13-15H,9-10,12,16H2,1-4H3,(H,30,33). The highest BCUT2D eigenvalue weighted by Crippen LogP contribution is 2.41. The lowest BCUT2D eigenvalue weighted by Crippen LogP contribution is -2.40. The van der Waals surface area contributed by atoms with Gasteiger partial charge in [0.25, 0.3) is 0 Å². The third kappa shape index (κ3) is 4.78. The van der Waals surface area contributed by atoms with Gasteiger partial charge in [-0.05, 0) is 59.0 Å². The maximum atomic E-state index is 12.9. The summed E-state index contributed by atoms with van der Waals surface area (Å²) in [6, 6.07) is 15.9. The highest BCUT2D eigenvalue weighted by Gasteiger charge is 2.41. The summed E-state index contributed by atoms with van der Waals surface area (Å²) in [4.78, 5) is 26.8. The summed E-state index contributed by atoms with van der Waals surface area (Å²) >= 11 is 0. The maximum Gasteiger partial charge on any atom is 0.240 e. The van der Waals surface area contributed by atoms with Crippen LogP contribution in [0.4, 0.5) is 0 Å². The Balaban J connectivity index is 1.53. The van der Waals surface area contributed by atoms with Crippen molar-refractivity contribution in [2.24, 2.45) is 5.41 Å². The number of methoxy groups -OCH3 is 3. The minimum absolute atomic E-state index is 0.0307. The molecule has 1 fully saturated rings. The Kier molecular flexibility index (Phi) is 7.02. The van der Waals surface area contributed by atoms with Gasteiger partial charge in [0.15, 0.2) is 17.7 Å². The molecule has 36 heavy (non-hydrogen) atoms. The number of nitrogens with one attached hydrogen (secondary N) is 1. The van der Waals surface area contributed by atoms with Crippen molar-refractivity contribution in [2.45, 2.75) is 19.8 Å². The van der Waals surface area contributed by atoms with Gasteiger partial charge in [-0.1, -0.05) is 30.3 Å². The van der Waals surface area contributed by atoms with E-state index in [1.165, 1.54) is 0 Å². The molecule has 8 heteroatoms. The van der Waals surface area contributed by atoms with Crippen molar-refractivity contribution in [3.8, 4) is 34.6 Å². The number of fused-ring (bicyclic) bond motifs is 1. The zero-order chi connectivity index (χ0) is 25.9. The zero-order valence-electron chi connectivity index (χ0n) is 20.9. The number of benzene rings is 3. The first kappa shape index (κ1) is 24.9. The van der Waals surface area contributed by atoms with E-state index >= 15 is 0 Å². The van der Waals surface area contributed by atoms with E-state index in [2.05, 4.69) is 11.4 Å². The molecule has 0 aromatic heterocycles. The largest absolute Gasteiger partial charge is 0.493 e. The Bertz CT molecular complexity index is 1340. The minimum atomic E-state index is -0.738. The molecule has 1 saturated heterocycles. The first-order valence-corrected chi connectivity index (χ1v) is 11.6. The fourth-order valence-electron chi connectivity index (χ4n) is 4.68. The molecule has 0 saturated carbocycles. The molecule has 0 spiro atoms. The van der Waals surface area contributed by atoms with Crippen LogP contribution in [0.15, 0.2) is 48.5 Å². The predicted molar refractivity (Wildman–Crippen MR) is 136 cm³/mol. The molecule has 4 rings (SSSR count). The number of nitriles is 1. The Labute approximate surface area is 210 Å². The zero-order valence-corrected chi connectivity index (χ0v) is 20.9. The summed E-state index contributed by atoms with van der Waals surface area (Å²) in [6.07, 6.45) is 2.47. The van der Waals surface area contributed by atoms with Crippen molar-refractivity contribution in [1.82, 2.24) is 10.2 Å². The lowest BCUT2D eigenvalue weighted by molar-refractivity contribution is -0.131. The fourth-order valence-corrected chi connectivity index (χ4v) is 4.68. The van der Waals surface area contributed by atoms with Crippen LogP contribution in [-0.4, -0.2) is 51.1 Å². The van der Waals surface area contributed by atoms with Gasteiger partial charge in [0.2, 0.25) is 17.6 Å². The lowest BCUT2D eigenvalue weighted by Gasteiger charge is -2.22. The summed E-state index contributed by atoms with van der Waals surface area (Å²) in [5.41, 5.74) is 2.10. The van der Waals surface area contributed by atoms with E-state index in [-0.39, 0.29) is 18.2 Å². The van der Waals surface area contributed by atoms with Crippen LogP contribution in [0.25, 0.3) is 21.9 Å². The first-order chi connectivity index (χ1) is 17.3. The Hall–Kier alpha value is -4.25. The second-order valence-corrected chi connectivity index (χ2v) is 9.18. The van der Waals surface area contributed by atoms with Crippen LogP contribution in [0, 0.1) is 16.9 Å². The highest BCUT2D eigenvalue weighted by molar-refractivity contribution is 5.90. The number of rotatable bonds is 7. The van der Waals surface area contributed by atoms with Crippen LogP contribution < -0.4 is 19.5 Å². The lowest BCUT2D eigenvalue weighted by atomic mass is 9.89. The molecule has 1 N–H and O–H groups in total. The molecule has 1 unspecified atom stereocenters. The number of ether oxygens (including phenoxy) is 3. The number of amides is 2. The van der Waals surface area contributed by atoms with Crippen molar-refractivity contribution >= 4 is 22.6 Å². The molecular formula is C28H29N3O5. The normalized spacial score (nSPS) is 16.9. The molecule has 3 aromatic carbocycles. The summed E-state index contributed by atoms with van der Waals surface area (Å²) in [5, 5.41) is 13.0. The quantitative estimate of drug-likeness (QED) is 0.401. The van der Waals surface area contributed by atoms with Gasteiger partial charge in [0.1, 0.15) is 0 Å². The Morgan fingerprint density at radius 3 is 2.28 bits per heavy atom. The van der Waals surface area contributed by atoms with Crippen LogP contribution in [-0.2, 0) is 16.0 Å². The van der Waals surface area contributed by atoms with Crippen LogP contribution in [0.2, 0.25) is 0 Å². The van der Waals surface area contributed by atoms with Crippen molar-refractivity contribution in [1.29, 1.82) is 5.26 Å². The van der Waals surface area contributed by atoms with E-state index in [9.17, 15) is 9.59 Å². The number of hydrogen-bond donors (Lipinski definition) is 1. The van der Waals surface area contributed by atoms with Crippen LogP contribution in [0.5, 0.6) is 17.2 Å². The van der Waals surface area contributed by atoms with Gasteiger partial charge in [-0.2, -0.15) is 5.26 Å². The molecule has 2 amide bonds. The SMILES string of the molecule is COc1cc(-c2ccc3cc(CC(=O)N4CCC(C)(C(=O)NC#N)C4)ccc3c2)cc(OC)c1OC. The summed E-state index contributed by atoms with van der Waals surface area (Å²) < 4.78 is 16.4. The molecule has 3 aromatic rings. The minimum Gasteiger partial charge on any atom is -0.493 e. The van der Waals surface area contributed by atoms with Crippen LogP contribution >= 0.6 is 0 Å². The first-order valence-electron chi connectivity index (χ1n) is 11.6. The van der Waals surface area contributed by atoms with Gasteiger partial charge in [-0.25, -0.2) is 0 Å². The fraction of sp³-hybridized carbons (Fsp3) is 0.321. The van der Waals surface area contributed by atoms with Gasteiger partial charge in [-0.15, -0.1) is 0 Å². The van der Waals surface area contributed by atoms with Crippen LogP contribution in [0.3, 0.4) is 0 Å². The molecular weight excluding hydrogens is 458 g/mol. The summed E-state index contributed by atoms with van der Waals surface area (Å²) in [7, 11) is 4.76. The second kappa shape index (κ2) is 10.2. The number of nitrogens with zero attached hydrogens (tertiary/aromatic N) is 2. The molecule has 1 atom stereocenters. The van der Waals surface area contributed by atoms with E-state index in [4.69, 9.17) is 19.5 Å². The number of hydrogen-bond acceptors (Lipinski definition) is 6. The summed E-state index contributed by atoms with van der Waals surface area (Å²) in [6.45, 7) is 2.60. The smallest absolute Gasteiger partial charge is 0.240 e. The molecule has 1 aliphatic rings. The van der Waals surface area contributed by atoms with E-state index < -0.39 is 5.41 Å². The molecule has 0 aliphatic carbocycles. The Morgan fingerprint density at radius 1 is 0.972 bits per heavy atom. The van der Waals surface area contributed by atoms with Crippen molar-refractivity contribution in [3.05, 3.63) is 54.1 Å². The third-order valence-electron chi connectivity index (χ3n) is 6.80. The van der Waals surface area contributed by atoms with Crippen molar-refractivity contribution in [3.63, 3.8) is 0 Å². The molecule has 186 valence electrons.